The van der Waals surface area contributed by atoms with Crippen molar-refractivity contribution in [2.24, 2.45) is 0 Å². The number of rotatable bonds is 3. The van der Waals surface area contributed by atoms with E-state index in [0.29, 0.717) is 6.29 Å². The zero-order chi connectivity index (χ0) is 15.2. The topological polar surface area (TPSA) is 52.6 Å². The third-order valence-electron chi connectivity index (χ3n) is 1.99. The zero-order valence-corrected chi connectivity index (χ0v) is 10.3. The maximum Gasteiger partial charge on any atom is 0.573 e. The molecule has 0 amide bonds. The number of hydrogen-bond acceptors (Lipinski definition) is 4. The van der Waals surface area contributed by atoms with Crippen molar-refractivity contribution in [3.05, 3.63) is 29.3 Å². The summed E-state index contributed by atoms with van der Waals surface area (Å²) in [6, 6.07) is 3.23. The minimum Gasteiger partial charge on any atom is -0.468 e. The summed E-state index contributed by atoms with van der Waals surface area (Å²) in [5, 5.41) is 0. The second-order valence-corrected chi connectivity index (χ2v) is 3.51. The molecule has 0 atom stereocenters. The Morgan fingerprint density at radius 1 is 1.35 bits per heavy atom. The van der Waals surface area contributed by atoms with Crippen molar-refractivity contribution < 1.29 is 32.2 Å². The standard InChI is InChI=1S/C13H9F3O4/c1-19-12(18)4-2-3-9-5-10(8-17)7-11(6-9)20-13(14,15)16/h5-8H,4H2,1H3. The molecular weight excluding hydrogens is 277 g/mol. The van der Waals surface area contributed by atoms with Gasteiger partial charge < -0.3 is 9.47 Å². The molecule has 106 valence electrons. The number of carbonyl (C=O) groups excluding carboxylic acids is 2. The quantitative estimate of drug-likeness (QED) is 0.486. The van der Waals surface area contributed by atoms with Crippen molar-refractivity contribution in [1.29, 1.82) is 0 Å². The van der Waals surface area contributed by atoms with Gasteiger partial charge >= 0.3 is 12.3 Å². The Balaban J connectivity index is 2.98. The smallest absolute Gasteiger partial charge is 0.468 e. The average Bonchev–Trinajstić information content (AvgIpc) is 2.36. The monoisotopic (exact) mass is 286 g/mol. The van der Waals surface area contributed by atoms with E-state index in [4.69, 9.17) is 0 Å². The maximum atomic E-state index is 12.1. The molecule has 0 aromatic heterocycles. The van der Waals surface area contributed by atoms with Crippen molar-refractivity contribution in [2.45, 2.75) is 12.8 Å². The van der Waals surface area contributed by atoms with Crippen molar-refractivity contribution in [1.82, 2.24) is 0 Å². The number of benzene rings is 1. The molecule has 0 aliphatic heterocycles. The Bertz CT molecular complexity index is 567. The van der Waals surface area contributed by atoms with Crippen molar-refractivity contribution in [3.8, 4) is 17.6 Å². The Kier molecular flexibility index (Phi) is 5.15. The number of ether oxygens (including phenoxy) is 2. The van der Waals surface area contributed by atoms with Crippen LogP contribution < -0.4 is 4.74 Å². The second-order valence-electron chi connectivity index (χ2n) is 3.51. The molecule has 0 saturated heterocycles. The molecule has 0 bridgehead atoms. The number of hydrogen-bond donors (Lipinski definition) is 0. The van der Waals surface area contributed by atoms with Crippen LogP contribution in [-0.4, -0.2) is 25.7 Å². The Morgan fingerprint density at radius 3 is 2.60 bits per heavy atom. The first-order valence-electron chi connectivity index (χ1n) is 5.26. The molecule has 0 saturated carbocycles. The molecule has 1 rings (SSSR count). The predicted octanol–water partition coefficient (Wildman–Crippen LogP) is 2.31. The first kappa shape index (κ1) is 15.6. The lowest BCUT2D eigenvalue weighted by Crippen LogP contribution is -2.17. The van der Waals surface area contributed by atoms with E-state index in [2.05, 4.69) is 21.3 Å². The van der Waals surface area contributed by atoms with E-state index in [1.54, 1.807) is 0 Å². The lowest BCUT2D eigenvalue weighted by atomic mass is 10.1. The van der Waals surface area contributed by atoms with E-state index < -0.39 is 18.1 Å². The number of carbonyl (C=O) groups is 2. The first-order valence-corrected chi connectivity index (χ1v) is 5.26. The summed E-state index contributed by atoms with van der Waals surface area (Å²) in [7, 11) is 1.19. The lowest BCUT2D eigenvalue weighted by molar-refractivity contribution is -0.274. The highest BCUT2D eigenvalue weighted by Crippen LogP contribution is 2.24. The van der Waals surface area contributed by atoms with Gasteiger partial charge in [-0.3, -0.25) is 9.59 Å². The summed E-state index contributed by atoms with van der Waals surface area (Å²) in [4.78, 5) is 21.5. The molecule has 7 heteroatoms. The van der Waals surface area contributed by atoms with Crippen LogP contribution in [0.1, 0.15) is 22.3 Å². The van der Waals surface area contributed by atoms with Gasteiger partial charge in [-0.05, 0) is 18.2 Å². The van der Waals surface area contributed by atoms with E-state index in [9.17, 15) is 22.8 Å². The summed E-state index contributed by atoms with van der Waals surface area (Å²) in [6.07, 6.45) is -4.70. The van der Waals surface area contributed by atoms with Gasteiger partial charge in [0.05, 0.1) is 7.11 Å². The van der Waals surface area contributed by atoms with Crippen LogP contribution >= 0.6 is 0 Å². The third kappa shape index (κ3) is 5.44. The van der Waals surface area contributed by atoms with Gasteiger partial charge in [-0.1, -0.05) is 11.8 Å². The van der Waals surface area contributed by atoms with Gasteiger partial charge in [-0.15, -0.1) is 13.2 Å². The average molecular weight is 286 g/mol. The van der Waals surface area contributed by atoms with E-state index in [-0.39, 0.29) is 17.5 Å². The van der Waals surface area contributed by atoms with Crippen molar-refractivity contribution in [3.63, 3.8) is 0 Å². The summed E-state index contributed by atoms with van der Waals surface area (Å²) in [5.41, 5.74) is 0.104. The summed E-state index contributed by atoms with van der Waals surface area (Å²) < 4.78 is 44.4. The van der Waals surface area contributed by atoms with Crippen molar-refractivity contribution >= 4 is 12.3 Å². The maximum absolute atomic E-state index is 12.1. The van der Waals surface area contributed by atoms with Crippen LogP contribution in [-0.2, 0) is 9.53 Å². The Hall–Kier alpha value is -2.49. The molecule has 0 N–H and O–H groups in total. The molecule has 0 aliphatic carbocycles. The van der Waals surface area contributed by atoms with Gasteiger partial charge in [0.15, 0.2) is 0 Å². The number of halogens is 3. The first-order chi connectivity index (χ1) is 9.34. The van der Waals surface area contributed by atoms with Gasteiger partial charge in [-0.2, -0.15) is 0 Å². The van der Waals surface area contributed by atoms with Crippen molar-refractivity contribution in [2.75, 3.05) is 7.11 Å². The molecule has 0 radical (unpaired) electrons. The second kappa shape index (κ2) is 6.61. The van der Waals surface area contributed by atoms with Crippen LogP contribution in [0.5, 0.6) is 5.75 Å². The zero-order valence-electron chi connectivity index (χ0n) is 10.3. The summed E-state index contributed by atoms with van der Waals surface area (Å²) >= 11 is 0. The fourth-order valence-electron chi connectivity index (χ4n) is 1.25. The van der Waals surface area contributed by atoms with E-state index in [0.717, 1.165) is 12.1 Å². The molecule has 20 heavy (non-hydrogen) atoms. The Morgan fingerprint density at radius 2 is 2.05 bits per heavy atom. The summed E-state index contributed by atoms with van der Waals surface area (Å²) in [6.45, 7) is 0. The van der Waals surface area contributed by atoms with E-state index in [1.807, 2.05) is 0 Å². The highest BCUT2D eigenvalue weighted by molar-refractivity contribution is 5.77. The number of methoxy groups -OCH3 is 1. The number of alkyl halides is 3. The molecule has 0 unspecified atom stereocenters. The van der Waals surface area contributed by atoms with E-state index in [1.165, 1.54) is 13.2 Å². The molecular formula is C13H9F3O4. The van der Waals surface area contributed by atoms with Crippen LogP contribution in [0.2, 0.25) is 0 Å². The normalized spacial score (nSPS) is 10.2. The van der Waals surface area contributed by atoms with Gasteiger partial charge in [-0.25, -0.2) is 0 Å². The SMILES string of the molecule is COC(=O)CC#Cc1cc(C=O)cc(OC(F)(F)F)c1. The molecule has 0 spiro atoms. The lowest BCUT2D eigenvalue weighted by Gasteiger charge is -2.09. The highest BCUT2D eigenvalue weighted by atomic mass is 19.4. The van der Waals surface area contributed by atoms with Crippen LogP contribution in [0.15, 0.2) is 18.2 Å². The molecule has 1 aromatic carbocycles. The van der Waals surface area contributed by atoms with Gasteiger partial charge in [0.2, 0.25) is 0 Å². The predicted molar refractivity (Wildman–Crippen MR) is 62.0 cm³/mol. The molecule has 0 heterocycles. The minimum atomic E-state index is -4.86. The minimum absolute atomic E-state index is 0.0193. The van der Waals surface area contributed by atoms with E-state index >= 15 is 0 Å². The van der Waals surface area contributed by atoms with Crippen LogP contribution in [0.4, 0.5) is 13.2 Å². The highest BCUT2D eigenvalue weighted by Gasteiger charge is 2.31. The Labute approximate surface area is 112 Å². The molecule has 1 aromatic rings. The van der Waals surface area contributed by atoms with Crippen LogP contribution in [0.25, 0.3) is 0 Å². The van der Waals surface area contributed by atoms with Crippen LogP contribution in [0.3, 0.4) is 0 Å². The fraction of sp³-hybridized carbons (Fsp3) is 0.231. The number of esters is 1. The van der Waals surface area contributed by atoms with Gasteiger partial charge in [0.25, 0.3) is 0 Å². The largest absolute Gasteiger partial charge is 0.573 e. The fourth-order valence-corrected chi connectivity index (χ4v) is 1.25. The van der Waals surface area contributed by atoms with Crippen LogP contribution in [0, 0.1) is 11.8 Å². The van der Waals surface area contributed by atoms with Gasteiger partial charge in [0, 0.05) is 11.1 Å². The molecule has 0 aliphatic rings. The third-order valence-corrected chi connectivity index (χ3v) is 1.99. The van der Waals surface area contributed by atoms with Gasteiger partial charge in [0.1, 0.15) is 18.5 Å². The summed E-state index contributed by atoms with van der Waals surface area (Å²) in [5.74, 6) is 3.75. The number of aldehydes is 1. The molecule has 0 fully saturated rings. The molecule has 4 nitrogen and oxygen atoms in total.